The Bertz CT molecular complexity index is 3460. The summed E-state index contributed by atoms with van der Waals surface area (Å²) in [6.45, 7) is 29.9. The van der Waals surface area contributed by atoms with Crippen molar-refractivity contribution in [1.82, 2.24) is 0 Å². The third-order valence-corrected chi connectivity index (χ3v) is 31.8. The average molecular weight is 1460 g/mol. The van der Waals surface area contributed by atoms with Crippen molar-refractivity contribution in [3.63, 3.8) is 0 Å². The highest BCUT2D eigenvalue weighted by atomic mass is 32.2. The number of benzene rings is 3. The van der Waals surface area contributed by atoms with Gasteiger partial charge in [-0.3, -0.25) is 9.00 Å². The molecule has 0 amide bonds. The lowest BCUT2D eigenvalue weighted by Gasteiger charge is -2.46. The van der Waals surface area contributed by atoms with Gasteiger partial charge < -0.3 is 5.11 Å². The molecule has 0 heterocycles. The number of hydrogen-bond donors (Lipinski definition) is 3. The van der Waals surface area contributed by atoms with Crippen molar-refractivity contribution in [1.29, 1.82) is 9.56 Å². The first-order valence-corrected chi connectivity index (χ1v) is 43.2. The fourth-order valence-corrected chi connectivity index (χ4v) is 24.8. The summed E-state index contributed by atoms with van der Waals surface area (Å²) in [5, 5.41) is 10.1. The summed E-state index contributed by atoms with van der Waals surface area (Å²) < 4.78 is 55.1. The topological polar surface area (TPSA) is 136 Å². The van der Waals surface area contributed by atoms with Crippen LogP contribution < -0.4 is 0 Å². The van der Waals surface area contributed by atoms with Crippen molar-refractivity contribution in [3.05, 3.63) is 150 Å². The number of allylic oxidation sites excluding steroid dienone is 7. The van der Waals surface area contributed by atoms with Gasteiger partial charge in [0, 0.05) is 44.3 Å². The SMILES string of the molecule is C=C1CC[C@H](C)C/C1=C/CC.C=C1CC[C@H](O)C/C1=C/C=C1\CCC[C@]2(C)[C@@H]([C@H](C)CCCS(=N)(=O)c3ccccc3)CC[C@@H]12.C=S(=O)(CCC[C@@H](C)[C@H]1CC[C@H]2[C@@H](C)CCC[C@]12C)c1ccccc1.C[C@H](CCCS(=N)(=O)c1ccccc1)[C@H]1CC[C@H]2C(=O)CCC[C@]12C.S.S.S. The number of aliphatic hydroxyl groups is 1. The normalized spacial score (nSPS) is 32.8. The molecular weight excluding hydrogens is 1320 g/mol. The van der Waals surface area contributed by atoms with Gasteiger partial charge in [-0.1, -0.05) is 178 Å². The molecule has 8 fully saturated rings. The number of aliphatic hydroxyl groups excluding tert-OH is 1. The molecule has 3 unspecified atom stereocenters. The van der Waals surface area contributed by atoms with Gasteiger partial charge >= 0.3 is 0 Å². The molecule has 13 heteroatoms. The third-order valence-electron chi connectivity index (χ3n) is 25.9. The van der Waals surface area contributed by atoms with Crippen LogP contribution in [0.1, 0.15) is 242 Å². The summed E-state index contributed by atoms with van der Waals surface area (Å²) in [7, 11) is -7.50. The van der Waals surface area contributed by atoms with Crippen LogP contribution in [-0.4, -0.2) is 52.7 Å². The van der Waals surface area contributed by atoms with Gasteiger partial charge in [-0.15, -0.1) is 0 Å². The predicted molar refractivity (Wildman–Crippen MR) is 436 cm³/mol. The van der Waals surface area contributed by atoms with Gasteiger partial charge in [0.15, 0.2) is 0 Å². The van der Waals surface area contributed by atoms with Crippen molar-refractivity contribution < 1.29 is 22.5 Å². The van der Waals surface area contributed by atoms with Crippen LogP contribution in [0.25, 0.3) is 0 Å². The quantitative estimate of drug-likeness (QED) is 0.0968. The first kappa shape index (κ1) is 85.6. The van der Waals surface area contributed by atoms with E-state index < -0.39 is 29.0 Å². The second kappa shape index (κ2) is 38.6. The maximum Gasteiger partial charge on any atom is 0.136 e. The molecule has 3 aromatic rings. The monoisotopic (exact) mass is 1450 g/mol. The molecule has 0 aliphatic heterocycles. The summed E-state index contributed by atoms with van der Waals surface area (Å²) in [5.74, 6) is 13.8. The van der Waals surface area contributed by atoms with Gasteiger partial charge in [-0.05, 0) is 299 Å². The van der Waals surface area contributed by atoms with Crippen LogP contribution in [0.4, 0.5) is 0 Å². The van der Waals surface area contributed by atoms with Crippen LogP contribution in [0.2, 0.25) is 0 Å². The fraction of sp³-hybridized carbons (Fsp3) is 0.647. The number of nitrogens with one attached hydrogen (secondary N) is 2. The predicted octanol–water partition coefficient (Wildman–Crippen LogP) is 23.0. The van der Waals surface area contributed by atoms with Crippen molar-refractivity contribution in [2.24, 2.45) is 81.3 Å². The van der Waals surface area contributed by atoms with Gasteiger partial charge in [-0.25, -0.2) is 18.0 Å². The van der Waals surface area contributed by atoms with Crippen LogP contribution in [0.5, 0.6) is 0 Å². The smallest absolute Gasteiger partial charge is 0.136 e. The van der Waals surface area contributed by atoms with E-state index in [9.17, 15) is 22.5 Å². The lowest BCUT2D eigenvalue weighted by molar-refractivity contribution is -0.130. The highest BCUT2D eigenvalue weighted by Crippen LogP contribution is 2.62. The summed E-state index contributed by atoms with van der Waals surface area (Å²) in [5.41, 5.74) is 8.00. The maximum absolute atomic E-state index is 12.9. The molecular formula is C85H134N2O5S6. The number of carbonyl (C=O) groups excluding carboxylic acids is 1. The molecule has 18 atom stereocenters. The molecule has 7 nitrogen and oxygen atoms in total. The zero-order chi connectivity index (χ0) is 68.8. The molecule has 3 N–H and O–H groups in total. The van der Waals surface area contributed by atoms with E-state index in [4.69, 9.17) is 9.56 Å². The van der Waals surface area contributed by atoms with Crippen LogP contribution in [0.3, 0.4) is 0 Å². The minimum absolute atomic E-state index is 0. The van der Waals surface area contributed by atoms with E-state index in [1.165, 1.54) is 119 Å². The van der Waals surface area contributed by atoms with Crippen LogP contribution in [0.15, 0.2) is 165 Å². The molecule has 98 heavy (non-hydrogen) atoms. The Morgan fingerprint density at radius 3 is 1.53 bits per heavy atom. The van der Waals surface area contributed by atoms with E-state index in [1.54, 1.807) is 17.7 Å². The lowest BCUT2D eigenvalue weighted by Crippen LogP contribution is -2.39. The van der Waals surface area contributed by atoms with Crippen LogP contribution >= 0.6 is 40.5 Å². The Labute approximate surface area is 620 Å². The summed E-state index contributed by atoms with van der Waals surface area (Å²) in [6, 6.07) is 28.4. The van der Waals surface area contributed by atoms with Gasteiger partial charge in [-0.2, -0.15) is 40.5 Å². The average Bonchev–Trinajstić information content (AvgIpc) is 1.61. The summed E-state index contributed by atoms with van der Waals surface area (Å²) in [6.07, 6.45) is 38.8. The maximum atomic E-state index is 12.9. The number of rotatable bonds is 20. The van der Waals surface area contributed by atoms with Crippen molar-refractivity contribution >= 4 is 81.1 Å². The van der Waals surface area contributed by atoms with Crippen molar-refractivity contribution in [2.75, 3.05) is 17.3 Å². The van der Waals surface area contributed by atoms with Gasteiger partial charge in [0.05, 0.1) is 25.6 Å². The number of carbonyl (C=O) groups is 1. The molecule has 0 saturated heterocycles. The fourth-order valence-electron chi connectivity index (χ4n) is 20.5. The molecule has 11 rings (SSSR count). The molecule has 8 saturated carbocycles. The largest absolute Gasteiger partial charge is 0.393 e. The lowest BCUT2D eigenvalue weighted by atomic mass is 9.59. The minimum Gasteiger partial charge on any atom is -0.393 e. The molecule has 0 aromatic heterocycles. The Morgan fingerprint density at radius 2 is 0.990 bits per heavy atom. The highest BCUT2D eigenvalue weighted by molar-refractivity contribution is 8.00. The summed E-state index contributed by atoms with van der Waals surface area (Å²) in [4.78, 5) is 14.5. The Morgan fingerprint density at radius 1 is 0.541 bits per heavy atom. The van der Waals surface area contributed by atoms with E-state index in [0.717, 1.165) is 124 Å². The Kier molecular flexibility index (Phi) is 33.8. The van der Waals surface area contributed by atoms with Crippen molar-refractivity contribution in [2.45, 2.75) is 263 Å². The van der Waals surface area contributed by atoms with E-state index in [2.05, 4.69) is 99.6 Å². The first-order chi connectivity index (χ1) is 45.1. The molecule has 3 aromatic carbocycles. The standard InChI is InChI=1S/C30H43NO2S.C23H36OS.C21H31NO2S.C11H18.3H2S/c1-22-13-16-26(32)21-25(22)15-14-24-10-7-19-30(3)28(17-18-29(24)30)23(2)9-8-20-34(31,33)27-11-5-4-6-12-27;1-18-10-8-16-23(3)21(18)14-15-22(23)19(2)11-9-17-25(4,24)20-12-6-5-7-13-20;1-16(8-7-15-25(22,24)17-9-4-3-5-10-17)18-12-13-19-20(23)11-6-14-21(18,19)2;1-4-5-11-8-9(2)6-7-10(11)3;;;/h4-6,11-12,14-15,23,26,28-29,31-32H,1,7-10,13,16-21H2,2-3H3;5-7,12-13,18-19,21-22H,4,8-11,14-17H2,1-3H3;3-5,9-10,16,18-19,22H,6-8,11-15H2,1-2H3;5,9H,3-4,6-8H2,1-2H3;3*1H2/b24-14+,25-15-;;;11-5-;;;/t23-,26+,28-,29+,30-,34?;18-,19+,21-,22+,23-,25?;16-,18-,19+,21-,25?;9-;;;/m1010.../s1. The highest BCUT2D eigenvalue weighted by Gasteiger charge is 2.54. The zero-order valence-electron chi connectivity index (χ0n) is 62.2. The Balaban J connectivity index is 0.000000246. The van der Waals surface area contributed by atoms with E-state index >= 15 is 0 Å². The van der Waals surface area contributed by atoms with Gasteiger partial charge in [0.25, 0.3) is 0 Å². The van der Waals surface area contributed by atoms with E-state index in [0.29, 0.717) is 67.5 Å². The molecule has 550 valence electrons. The van der Waals surface area contributed by atoms with Gasteiger partial charge in [0.1, 0.15) is 5.78 Å². The van der Waals surface area contributed by atoms with Crippen molar-refractivity contribution in [3.8, 4) is 0 Å². The number of fused-ring (bicyclic) bond motifs is 3. The van der Waals surface area contributed by atoms with Crippen LogP contribution in [0, 0.1) is 90.9 Å². The number of Topliss-reactive ketones (excluding diaryl/α,β-unsaturated/α-hetero) is 1. The minimum atomic E-state index is -2.69. The second-order valence-electron chi connectivity index (χ2n) is 32.4. The molecule has 0 bridgehead atoms. The van der Waals surface area contributed by atoms with Gasteiger partial charge in [0.2, 0.25) is 0 Å². The summed E-state index contributed by atoms with van der Waals surface area (Å²) >= 11 is 0. The van der Waals surface area contributed by atoms with E-state index in [1.807, 2.05) is 78.9 Å². The Hall–Kier alpha value is -3.04. The molecule has 8 aliphatic rings. The molecule has 0 spiro atoms. The number of hydrogen-bond acceptors (Lipinski definition) is 7. The second-order valence-corrected chi connectivity index (χ2v) is 39.4. The zero-order valence-corrected chi connectivity index (χ0v) is 67.6. The third kappa shape index (κ3) is 21.8. The molecule has 8 aliphatic carbocycles. The number of ketones is 1. The molecule has 0 radical (unpaired) electrons. The van der Waals surface area contributed by atoms with E-state index in [-0.39, 0.29) is 57.9 Å². The van der Waals surface area contributed by atoms with Crippen LogP contribution in [-0.2, 0) is 33.8 Å². The first-order valence-electron chi connectivity index (χ1n) is 37.8.